The van der Waals surface area contributed by atoms with Crippen LogP contribution in [0.1, 0.15) is 17.0 Å². The first-order valence-electron chi connectivity index (χ1n) is 7.30. The first-order chi connectivity index (χ1) is 11.1. The van der Waals surface area contributed by atoms with Crippen LogP contribution in [0.5, 0.6) is 0 Å². The molecule has 0 aliphatic rings. The molecular weight excluding hydrogens is 372 g/mol. The highest BCUT2D eigenvalue weighted by Crippen LogP contribution is 2.25. The van der Waals surface area contributed by atoms with Gasteiger partial charge < -0.3 is 4.57 Å². The SMILES string of the molecule is Cc1cc(C=Nc2ccccc2Cl)c(C)n1-c1ccc(Br)cc1. The van der Waals surface area contributed by atoms with Crippen LogP contribution in [0.2, 0.25) is 5.02 Å². The van der Waals surface area contributed by atoms with Gasteiger partial charge in [-0.25, -0.2) is 0 Å². The van der Waals surface area contributed by atoms with E-state index in [9.17, 15) is 0 Å². The Kier molecular flexibility index (Phi) is 4.69. The molecule has 1 aromatic heterocycles. The minimum absolute atomic E-state index is 0.658. The quantitative estimate of drug-likeness (QED) is 0.472. The highest BCUT2D eigenvalue weighted by molar-refractivity contribution is 9.10. The summed E-state index contributed by atoms with van der Waals surface area (Å²) in [5, 5.41) is 0.658. The number of aliphatic imine (C=N–C) groups is 1. The minimum atomic E-state index is 0.658. The summed E-state index contributed by atoms with van der Waals surface area (Å²) in [6.07, 6.45) is 1.87. The van der Waals surface area contributed by atoms with Crippen LogP contribution in [0.25, 0.3) is 5.69 Å². The van der Waals surface area contributed by atoms with E-state index in [4.69, 9.17) is 11.6 Å². The van der Waals surface area contributed by atoms with Crippen LogP contribution in [0, 0.1) is 13.8 Å². The lowest BCUT2D eigenvalue weighted by Crippen LogP contribution is -1.99. The number of nitrogens with zero attached hydrogens (tertiary/aromatic N) is 2. The summed E-state index contributed by atoms with van der Waals surface area (Å²) in [4.78, 5) is 4.52. The van der Waals surface area contributed by atoms with E-state index in [-0.39, 0.29) is 0 Å². The molecule has 3 aromatic rings. The van der Waals surface area contributed by atoms with Crippen LogP contribution < -0.4 is 0 Å². The number of halogens is 2. The third-order valence-electron chi connectivity index (χ3n) is 3.75. The summed E-state index contributed by atoms with van der Waals surface area (Å²) in [6, 6.07) is 18.0. The molecule has 3 rings (SSSR count). The number of aromatic nitrogens is 1. The summed E-state index contributed by atoms with van der Waals surface area (Å²) in [5.41, 5.74) is 5.33. The van der Waals surface area contributed by atoms with Crippen LogP contribution in [-0.4, -0.2) is 10.8 Å². The second-order valence-corrected chi connectivity index (χ2v) is 6.67. The van der Waals surface area contributed by atoms with Gasteiger partial charge in [-0.3, -0.25) is 4.99 Å². The van der Waals surface area contributed by atoms with Crippen molar-refractivity contribution in [1.82, 2.24) is 4.57 Å². The zero-order valence-corrected chi connectivity index (χ0v) is 15.3. The number of aryl methyl sites for hydroxylation is 1. The second kappa shape index (κ2) is 6.73. The summed E-state index contributed by atoms with van der Waals surface area (Å²) in [7, 11) is 0. The van der Waals surface area contributed by atoms with Crippen molar-refractivity contribution in [3.63, 3.8) is 0 Å². The molecule has 4 heteroatoms. The van der Waals surface area contributed by atoms with Crippen molar-refractivity contribution in [1.29, 1.82) is 0 Å². The normalized spacial score (nSPS) is 11.3. The third-order valence-corrected chi connectivity index (χ3v) is 4.60. The number of rotatable bonds is 3. The topological polar surface area (TPSA) is 17.3 Å². The molecule has 0 saturated heterocycles. The molecule has 2 nitrogen and oxygen atoms in total. The second-order valence-electron chi connectivity index (χ2n) is 5.35. The van der Waals surface area contributed by atoms with Gasteiger partial charge in [0.15, 0.2) is 0 Å². The predicted molar refractivity (Wildman–Crippen MR) is 102 cm³/mol. The Bertz CT molecular complexity index is 864. The molecule has 116 valence electrons. The Labute approximate surface area is 149 Å². The largest absolute Gasteiger partial charge is 0.318 e. The van der Waals surface area contributed by atoms with Gasteiger partial charge in [-0.1, -0.05) is 39.7 Å². The third kappa shape index (κ3) is 3.41. The van der Waals surface area contributed by atoms with Crippen LogP contribution in [0.3, 0.4) is 0 Å². The van der Waals surface area contributed by atoms with Crippen LogP contribution >= 0.6 is 27.5 Å². The van der Waals surface area contributed by atoms with Gasteiger partial charge in [0.25, 0.3) is 0 Å². The monoisotopic (exact) mass is 386 g/mol. The van der Waals surface area contributed by atoms with Gasteiger partial charge in [0.05, 0.1) is 10.7 Å². The highest BCUT2D eigenvalue weighted by Gasteiger charge is 2.09. The predicted octanol–water partition coefficient (Wildman–Crippen LogP) is 6.26. The maximum absolute atomic E-state index is 6.15. The van der Waals surface area contributed by atoms with Gasteiger partial charge in [-0.15, -0.1) is 0 Å². The van der Waals surface area contributed by atoms with Crippen molar-refractivity contribution >= 4 is 39.4 Å². The Morgan fingerprint density at radius 3 is 2.43 bits per heavy atom. The lowest BCUT2D eigenvalue weighted by atomic mass is 10.2. The molecular formula is C19H16BrClN2. The molecule has 0 aliphatic heterocycles. The molecule has 23 heavy (non-hydrogen) atoms. The smallest absolute Gasteiger partial charge is 0.0816 e. The highest BCUT2D eigenvalue weighted by atomic mass is 79.9. The first kappa shape index (κ1) is 16.0. The van der Waals surface area contributed by atoms with Crippen molar-refractivity contribution in [2.75, 3.05) is 0 Å². The molecule has 2 aromatic carbocycles. The molecule has 0 spiro atoms. The Hall–Kier alpha value is -1.84. The van der Waals surface area contributed by atoms with E-state index in [2.05, 4.69) is 57.5 Å². The van der Waals surface area contributed by atoms with E-state index in [1.54, 1.807) is 0 Å². The fourth-order valence-electron chi connectivity index (χ4n) is 2.60. The fourth-order valence-corrected chi connectivity index (χ4v) is 3.05. The number of para-hydroxylation sites is 1. The van der Waals surface area contributed by atoms with Gasteiger partial charge in [-0.05, 0) is 56.3 Å². The molecule has 0 atom stereocenters. The molecule has 0 saturated carbocycles. The van der Waals surface area contributed by atoms with Crippen molar-refractivity contribution in [3.8, 4) is 5.69 Å². The average molecular weight is 388 g/mol. The van der Waals surface area contributed by atoms with Crippen molar-refractivity contribution in [3.05, 3.63) is 81.0 Å². The van der Waals surface area contributed by atoms with Gasteiger partial charge >= 0.3 is 0 Å². The molecule has 0 fully saturated rings. The van der Waals surface area contributed by atoms with E-state index in [1.807, 2.05) is 42.6 Å². The number of benzene rings is 2. The summed E-state index contributed by atoms with van der Waals surface area (Å²) < 4.78 is 3.30. The van der Waals surface area contributed by atoms with Gasteiger partial charge in [0, 0.05) is 33.3 Å². The van der Waals surface area contributed by atoms with Crippen LogP contribution in [0.4, 0.5) is 5.69 Å². The number of hydrogen-bond donors (Lipinski definition) is 0. The Morgan fingerprint density at radius 2 is 1.74 bits per heavy atom. The van der Waals surface area contributed by atoms with Crippen LogP contribution in [-0.2, 0) is 0 Å². The van der Waals surface area contributed by atoms with E-state index < -0.39 is 0 Å². The summed E-state index contributed by atoms with van der Waals surface area (Å²) in [5.74, 6) is 0. The van der Waals surface area contributed by atoms with Gasteiger partial charge in [0.2, 0.25) is 0 Å². The molecule has 0 bridgehead atoms. The zero-order valence-electron chi connectivity index (χ0n) is 12.9. The average Bonchev–Trinajstić information content (AvgIpc) is 2.82. The van der Waals surface area contributed by atoms with Crippen molar-refractivity contribution in [2.24, 2.45) is 4.99 Å². The molecule has 0 N–H and O–H groups in total. The van der Waals surface area contributed by atoms with E-state index in [0.29, 0.717) is 5.02 Å². The summed E-state index contributed by atoms with van der Waals surface area (Å²) in [6.45, 7) is 4.20. The molecule has 1 heterocycles. The van der Waals surface area contributed by atoms with Crippen LogP contribution in [0.15, 0.2) is 64.1 Å². The van der Waals surface area contributed by atoms with E-state index >= 15 is 0 Å². The lowest BCUT2D eigenvalue weighted by molar-refractivity contribution is 0.964. The molecule has 0 amide bonds. The van der Waals surface area contributed by atoms with Crippen molar-refractivity contribution < 1.29 is 0 Å². The molecule has 0 aliphatic carbocycles. The summed E-state index contributed by atoms with van der Waals surface area (Å²) >= 11 is 9.63. The Morgan fingerprint density at radius 1 is 1.04 bits per heavy atom. The van der Waals surface area contributed by atoms with E-state index in [0.717, 1.165) is 27.1 Å². The standard InChI is InChI=1S/C19H16BrClN2/c1-13-11-15(12-22-19-6-4-3-5-18(19)21)14(2)23(13)17-9-7-16(20)8-10-17/h3-12H,1-2H3. The number of hydrogen-bond acceptors (Lipinski definition) is 1. The molecule has 0 radical (unpaired) electrons. The fraction of sp³-hybridized carbons (Fsp3) is 0.105. The maximum Gasteiger partial charge on any atom is 0.0816 e. The van der Waals surface area contributed by atoms with E-state index in [1.165, 1.54) is 5.69 Å². The maximum atomic E-state index is 6.15. The van der Waals surface area contributed by atoms with Gasteiger partial charge in [-0.2, -0.15) is 0 Å². The zero-order chi connectivity index (χ0) is 16.4. The first-order valence-corrected chi connectivity index (χ1v) is 8.47. The molecule has 0 unspecified atom stereocenters. The van der Waals surface area contributed by atoms with Gasteiger partial charge in [0.1, 0.15) is 0 Å². The Balaban J connectivity index is 1.98. The van der Waals surface area contributed by atoms with Crippen molar-refractivity contribution in [2.45, 2.75) is 13.8 Å². The lowest BCUT2D eigenvalue weighted by Gasteiger charge is -2.09. The minimum Gasteiger partial charge on any atom is -0.318 e.